The van der Waals surface area contributed by atoms with E-state index in [9.17, 15) is 18.8 Å². The summed E-state index contributed by atoms with van der Waals surface area (Å²) in [5, 5.41) is 2.54. The van der Waals surface area contributed by atoms with Crippen LogP contribution in [0.5, 0.6) is 11.5 Å². The van der Waals surface area contributed by atoms with Gasteiger partial charge in [0.05, 0.1) is 7.11 Å². The minimum atomic E-state index is -1.06. The smallest absolute Gasteiger partial charge is 0.328 e. The number of rotatable bonds is 9. The van der Waals surface area contributed by atoms with Crippen LogP contribution in [0.15, 0.2) is 54.7 Å². The molecule has 1 amide bonds. The molecule has 200 valence electrons. The van der Waals surface area contributed by atoms with E-state index >= 15 is 0 Å². The summed E-state index contributed by atoms with van der Waals surface area (Å²) in [6.45, 7) is 8.19. The van der Waals surface area contributed by atoms with Gasteiger partial charge >= 0.3 is 11.9 Å². The Balaban J connectivity index is 1.82. The number of carbonyl (C=O) groups excluding carboxylic acids is 3. The van der Waals surface area contributed by atoms with Crippen LogP contribution in [-0.4, -0.2) is 42.1 Å². The summed E-state index contributed by atoms with van der Waals surface area (Å²) in [6, 6.07) is 12.7. The fourth-order valence-corrected chi connectivity index (χ4v) is 4.14. The number of ether oxygens (including phenoxy) is 3. The minimum absolute atomic E-state index is 0.139. The molecule has 0 unspecified atom stereocenters. The second-order valence-electron chi connectivity index (χ2n) is 9.01. The normalized spacial score (nSPS) is 13.1. The molecule has 9 heteroatoms. The standard InChI is InChI=1S/C29H31FN2O6/c1-16-7-9-21(10-8-16)25(23-12-11-22(30)15-17(23)2)19(4)37-29(35)18(3)32-28(34)26-27(38-20(5)33)24(36-6)13-14-31-26/h7-15,18-19,25H,1-6H3,(H,32,34)/t18-,19-,25+/m0/s1. The Morgan fingerprint density at radius 2 is 1.68 bits per heavy atom. The summed E-state index contributed by atoms with van der Waals surface area (Å²) < 4.78 is 29.9. The van der Waals surface area contributed by atoms with Crippen molar-refractivity contribution in [3.63, 3.8) is 0 Å². The van der Waals surface area contributed by atoms with Gasteiger partial charge in [0.2, 0.25) is 5.75 Å². The highest BCUT2D eigenvalue weighted by Crippen LogP contribution is 2.33. The number of benzene rings is 2. The van der Waals surface area contributed by atoms with Crippen molar-refractivity contribution in [3.8, 4) is 11.5 Å². The lowest BCUT2D eigenvalue weighted by Crippen LogP contribution is -2.41. The third-order valence-electron chi connectivity index (χ3n) is 6.03. The quantitative estimate of drug-likeness (QED) is 0.408. The lowest BCUT2D eigenvalue weighted by atomic mass is 9.84. The summed E-state index contributed by atoms with van der Waals surface area (Å²) in [4.78, 5) is 41.5. The van der Waals surface area contributed by atoms with E-state index in [1.807, 2.05) is 31.2 Å². The number of hydrogen-bond donors (Lipinski definition) is 1. The molecule has 2 aromatic carbocycles. The molecule has 3 atom stereocenters. The molecule has 3 aromatic rings. The Labute approximate surface area is 221 Å². The highest BCUT2D eigenvalue weighted by molar-refractivity contribution is 5.98. The first-order valence-electron chi connectivity index (χ1n) is 12.1. The molecule has 8 nitrogen and oxygen atoms in total. The number of methoxy groups -OCH3 is 1. The fourth-order valence-electron chi connectivity index (χ4n) is 4.14. The third-order valence-corrected chi connectivity index (χ3v) is 6.03. The van der Waals surface area contributed by atoms with Crippen LogP contribution < -0.4 is 14.8 Å². The molecule has 1 heterocycles. The highest BCUT2D eigenvalue weighted by atomic mass is 19.1. The van der Waals surface area contributed by atoms with E-state index in [0.29, 0.717) is 0 Å². The van der Waals surface area contributed by atoms with E-state index < -0.39 is 30.0 Å². The predicted octanol–water partition coefficient (Wildman–Crippen LogP) is 4.65. The summed E-state index contributed by atoms with van der Waals surface area (Å²) in [6.07, 6.45) is 0.670. The fraction of sp³-hybridized carbons (Fsp3) is 0.310. The van der Waals surface area contributed by atoms with Crippen LogP contribution in [0.2, 0.25) is 0 Å². The zero-order chi connectivity index (χ0) is 28.0. The van der Waals surface area contributed by atoms with Crippen LogP contribution in [0, 0.1) is 19.7 Å². The van der Waals surface area contributed by atoms with Crippen LogP contribution in [0.25, 0.3) is 0 Å². The average Bonchev–Trinajstić information content (AvgIpc) is 2.86. The number of hydrogen-bond acceptors (Lipinski definition) is 7. The molecule has 1 aromatic heterocycles. The van der Waals surface area contributed by atoms with Crippen LogP contribution in [0.1, 0.15) is 59.4 Å². The number of carbonyl (C=O) groups is 3. The third kappa shape index (κ3) is 6.73. The van der Waals surface area contributed by atoms with Crippen molar-refractivity contribution in [1.29, 1.82) is 0 Å². The van der Waals surface area contributed by atoms with Crippen molar-refractivity contribution >= 4 is 17.8 Å². The molecular formula is C29H31FN2O6. The number of halogens is 1. The highest BCUT2D eigenvalue weighted by Gasteiger charge is 2.30. The molecule has 0 aliphatic rings. The Morgan fingerprint density at radius 1 is 1.00 bits per heavy atom. The van der Waals surface area contributed by atoms with Crippen molar-refractivity contribution in [3.05, 3.63) is 88.5 Å². The van der Waals surface area contributed by atoms with Gasteiger partial charge in [-0.3, -0.25) is 9.59 Å². The number of amides is 1. The van der Waals surface area contributed by atoms with E-state index in [4.69, 9.17) is 14.2 Å². The van der Waals surface area contributed by atoms with Gasteiger partial charge in [-0.1, -0.05) is 35.9 Å². The van der Waals surface area contributed by atoms with E-state index in [-0.39, 0.29) is 28.9 Å². The molecule has 0 bridgehead atoms. The Morgan fingerprint density at radius 3 is 2.29 bits per heavy atom. The zero-order valence-corrected chi connectivity index (χ0v) is 22.2. The van der Waals surface area contributed by atoms with Gasteiger partial charge < -0.3 is 19.5 Å². The van der Waals surface area contributed by atoms with E-state index in [1.165, 1.54) is 45.4 Å². The van der Waals surface area contributed by atoms with E-state index in [2.05, 4.69) is 10.3 Å². The maximum Gasteiger partial charge on any atom is 0.328 e. The molecule has 3 rings (SSSR count). The molecule has 0 fully saturated rings. The van der Waals surface area contributed by atoms with Crippen molar-refractivity contribution in [2.24, 2.45) is 0 Å². The Hall–Kier alpha value is -4.27. The predicted molar refractivity (Wildman–Crippen MR) is 139 cm³/mol. The molecule has 0 aliphatic carbocycles. The number of pyridine rings is 1. The van der Waals surface area contributed by atoms with E-state index in [0.717, 1.165) is 22.3 Å². The molecular weight excluding hydrogens is 491 g/mol. The van der Waals surface area contributed by atoms with Crippen LogP contribution in [-0.2, 0) is 14.3 Å². The molecule has 0 saturated carbocycles. The first-order chi connectivity index (χ1) is 18.0. The van der Waals surface area contributed by atoms with Crippen molar-refractivity contribution in [2.45, 2.75) is 52.7 Å². The summed E-state index contributed by atoms with van der Waals surface area (Å²) in [5.74, 6) is -2.83. The molecule has 38 heavy (non-hydrogen) atoms. The minimum Gasteiger partial charge on any atom is -0.493 e. The monoisotopic (exact) mass is 522 g/mol. The van der Waals surface area contributed by atoms with Crippen molar-refractivity contribution in [1.82, 2.24) is 10.3 Å². The Bertz CT molecular complexity index is 1330. The zero-order valence-electron chi connectivity index (χ0n) is 22.2. The molecule has 0 saturated heterocycles. The molecule has 0 spiro atoms. The van der Waals surface area contributed by atoms with Gasteiger partial charge in [-0.25, -0.2) is 14.2 Å². The van der Waals surface area contributed by atoms with Gasteiger partial charge in [-0.15, -0.1) is 0 Å². The van der Waals surface area contributed by atoms with Gasteiger partial charge in [0.25, 0.3) is 5.91 Å². The molecule has 0 radical (unpaired) electrons. The maximum absolute atomic E-state index is 13.8. The van der Waals surface area contributed by atoms with Crippen molar-refractivity contribution < 1.29 is 33.0 Å². The van der Waals surface area contributed by atoms with Crippen molar-refractivity contribution in [2.75, 3.05) is 7.11 Å². The average molecular weight is 523 g/mol. The number of aromatic nitrogens is 1. The Kier molecular flexibility index (Phi) is 9.17. The number of nitrogens with one attached hydrogen (secondary N) is 1. The van der Waals surface area contributed by atoms with Gasteiger partial charge in [-0.05, 0) is 56.5 Å². The SMILES string of the molecule is COc1ccnc(C(=O)N[C@@H](C)C(=O)O[C@@H](C)[C@H](c2ccc(C)cc2)c2ccc(F)cc2C)c1OC(C)=O. The number of esters is 2. The molecule has 0 aliphatic heterocycles. The van der Waals surface area contributed by atoms with Crippen LogP contribution >= 0.6 is 0 Å². The summed E-state index contributed by atoms with van der Waals surface area (Å²) >= 11 is 0. The lowest BCUT2D eigenvalue weighted by molar-refractivity contribution is -0.150. The largest absolute Gasteiger partial charge is 0.493 e. The number of nitrogens with zero attached hydrogens (tertiary/aromatic N) is 1. The molecule has 1 N–H and O–H groups in total. The van der Waals surface area contributed by atoms with Gasteiger partial charge in [0, 0.05) is 25.1 Å². The summed E-state index contributed by atoms with van der Waals surface area (Å²) in [7, 11) is 1.36. The second-order valence-corrected chi connectivity index (χ2v) is 9.01. The van der Waals surface area contributed by atoms with Gasteiger partial charge in [0.1, 0.15) is 18.0 Å². The maximum atomic E-state index is 13.8. The van der Waals surface area contributed by atoms with E-state index in [1.54, 1.807) is 19.9 Å². The van der Waals surface area contributed by atoms with Gasteiger partial charge in [0.15, 0.2) is 11.4 Å². The first-order valence-corrected chi connectivity index (χ1v) is 12.1. The van der Waals surface area contributed by atoms with Gasteiger partial charge in [-0.2, -0.15) is 0 Å². The topological polar surface area (TPSA) is 104 Å². The summed E-state index contributed by atoms with van der Waals surface area (Å²) in [5.41, 5.74) is 3.30. The number of aryl methyl sites for hydroxylation is 2. The second kappa shape index (κ2) is 12.3. The lowest BCUT2D eigenvalue weighted by Gasteiger charge is -2.28. The van der Waals surface area contributed by atoms with Crippen LogP contribution in [0.3, 0.4) is 0 Å². The van der Waals surface area contributed by atoms with Crippen LogP contribution in [0.4, 0.5) is 4.39 Å². The first kappa shape index (κ1) is 28.3.